The van der Waals surface area contributed by atoms with Gasteiger partial charge in [0.2, 0.25) is 5.78 Å². The third kappa shape index (κ3) is 1.96. The highest BCUT2D eigenvalue weighted by molar-refractivity contribution is 6.29. The molecule has 0 bridgehead atoms. The van der Waals surface area contributed by atoms with Crippen LogP contribution < -0.4 is 9.47 Å². The van der Waals surface area contributed by atoms with Gasteiger partial charge >= 0.3 is 5.97 Å². The van der Waals surface area contributed by atoms with E-state index in [2.05, 4.69) is 0 Å². The fourth-order valence-electron chi connectivity index (χ4n) is 2.32. The quantitative estimate of drug-likeness (QED) is 0.364. The lowest BCUT2D eigenvalue weighted by molar-refractivity contribution is -0.130. The fraction of sp³-hybridized carbons (Fsp3) is 0.200. The average Bonchev–Trinajstić information content (AvgIpc) is 2.88. The van der Waals surface area contributed by atoms with Gasteiger partial charge in [-0.15, -0.1) is 0 Å². The van der Waals surface area contributed by atoms with Crippen molar-refractivity contribution in [1.29, 1.82) is 0 Å². The molecule has 1 aliphatic rings. The molecule has 0 saturated heterocycles. The zero-order chi connectivity index (χ0) is 15.1. The molecule has 0 spiro atoms. The maximum Gasteiger partial charge on any atom is 0.349 e. The maximum absolute atomic E-state index is 12.6. The summed E-state index contributed by atoms with van der Waals surface area (Å²) in [4.78, 5) is 26.2. The van der Waals surface area contributed by atoms with Gasteiger partial charge in [0.05, 0.1) is 18.8 Å². The first-order valence-electron chi connectivity index (χ1n) is 6.26. The van der Waals surface area contributed by atoms with Gasteiger partial charge in [-0.25, -0.2) is 4.79 Å². The Morgan fingerprint density at radius 1 is 1.29 bits per heavy atom. The van der Waals surface area contributed by atoms with E-state index in [9.17, 15) is 9.59 Å². The second-order valence-electron chi connectivity index (χ2n) is 4.84. The van der Waals surface area contributed by atoms with Gasteiger partial charge in [-0.05, 0) is 6.07 Å². The first-order chi connectivity index (χ1) is 10.0. The Hall–Kier alpha value is -2.76. The standard InChI is InChI=1S/C15H13NO5/c1-16(2)7-9-13(17)12-11(21-15(9)18)6-10-8(4-5-20-10)14(12)19-3/h4-7H,1-3H3/b9-7+. The van der Waals surface area contributed by atoms with Gasteiger partial charge in [-0.2, -0.15) is 0 Å². The number of Topliss-reactive ketones (excluding diaryl/α,β-unsaturated/α-hetero) is 1. The first-order valence-corrected chi connectivity index (χ1v) is 6.26. The Morgan fingerprint density at radius 2 is 2.05 bits per heavy atom. The van der Waals surface area contributed by atoms with Gasteiger partial charge in [-0.3, -0.25) is 4.79 Å². The number of benzene rings is 1. The lowest BCUT2D eigenvalue weighted by Crippen LogP contribution is -2.27. The average molecular weight is 287 g/mol. The number of methoxy groups -OCH3 is 1. The number of hydrogen-bond donors (Lipinski definition) is 0. The first kappa shape index (κ1) is 13.2. The molecule has 0 radical (unpaired) electrons. The fourth-order valence-corrected chi connectivity index (χ4v) is 2.32. The minimum atomic E-state index is -0.686. The van der Waals surface area contributed by atoms with Crippen molar-refractivity contribution in [2.75, 3.05) is 21.2 Å². The van der Waals surface area contributed by atoms with Crippen LogP contribution in [0.5, 0.6) is 11.5 Å². The van der Waals surface area contributed by atoms with Crippen LogP contribution in [0.1, 0.15) is 10.4 Å². The summed E-state index contributed by atoms with van der Waals surface area (Å²) in [7, 11) is 4.90. The molecule has 3 rings (SSSR count). The number of carbonyl (C=O) groups is 2. The maximum atomic E-state index is 12.6. The topological polar surface area (TPSA) is 69.0 Å². The predicted octanol–water partition coefficient (Wildman–Crippen LogP) is 1.99. The lowest BCUT2D eigenvalue weighted by atomic mass is 9.97. The zero-order valence-electron chi connectivity index (χ0n) is 11.8. The van der Waals surface area contributed by atoms with E-state index in [1.165, 1.54) is 25.6 Å². The second-order valence-corrected chi connectivity index (χ2v) is 4.84. The van der Waals surface area contributed by atoms with Gasteiger partial charge in [0.15, 0.2) is 0 Å². The van der Waals surface area contributed by atoms with E-state index in [-0.39, 0.29) is 16.9 Å². The van der Waals surface area contributed by atoms with E-state index in [4.69, 9.17) is 13.9 Å². The highest BCUT2D eigenvalue weighted by Crippen LogP contribution is 2.41. The molecular weight excluding hydrogens is 274 g/mol. The van der Waals surface area contributed by atoms with Crippen LogP contribution in [0.2, 0.25) is 0 Å². The molecule has 0 atom stereocenters. The molecule has 6 nitrogen and oxygen atoms in total. The van der Waals surface area contributed by atoms with Crippen LogP contribution >= 0.6 is 0 Å². The number of furan rings is 1. The van der Waals surface area contributed by atoms with Crippen molar-refractivity contribution in [3.05, 3.63) is 35.7 Å². The number of carbonyl (C=O) groups excluding carboxylic acids is 2. The van der Waals surface area contributed by atoms with Gasteiger partial charge in [0.25, 0.3) is 0 Å². The molecule has 108 valence electrons. The van der Waals surface area contributed by atoms with Crippen LogP contribution in [0, 0.1) is 0 Å². The Labute approximate surface area is 120 Å². The molecule has 1 aromatic heterocycles. The molecule has 0 amide bonds. The van der Waals surface area contributed by atoms with Crippen LogP contribution in [0.25, 0.3) is 11.0 Å². The summed E-state index contributed by atoms with van der Waals surface area (Å²) in [6.45, 7) is 0. The van der Waals surface area contributed by atoms with Gasteiger partial charge in [-0.1, -0.05) is 0 Å². The number of ether oxygens (including phenoxy) is 2. The smallest absolute Gasteiger partial charge is 0.349 e. The van der Waals surface area contributed by atoms with E-state index < -0.39 is 11.8 Å². The third-order valence-corrected chi connectivity index (χ3v) is 3.16. The summed E-state index contributed by atoms with van der Waals surface area (Å²) in [5, 5.41) is 0.659. The van der Waals surface area contributed by atoms with Crippen molar-refractivity contribution in [3.63, 3.8) is 0 Å². The molecule has 1 aromatic carbocycles. The monoisotopic (exact) mass is 287 g/mol. The molecule has 0 N–H and O–H groups in total. The molecule has 6 heteroatoms. The van der Waals surface area contributed by atoms with Crippen molar-refractivity contribution in [1.82, 2.24) is 4.90 Å². The van der Waals surface area contributed by atoms with Crippen molar-refractivity contribution < 1.29 is 23.5 Å². The molecular formula is C15H13NO5. The number of hydrogen-bond acceptors (Lipinski definition) is 6. The molecule has 21 heavy (non-hydrogen) atoms. The van der Waals surface area contributed by atoms with E-state index in [1.807, 2.05) is 0 Å². The zero-order valence-corrected chi connectivity index (χ0v) is 11.8. The summed E-state index contributed by atoms with van der Waals surface area (Å²) in [5.41, 5.74) is 0.694. The van der Waals surface area contributed by atoms with E-state index in [1.54, 1.807) is 25.1 Å². The second kappa shape index (κ2) is 4.66. The van der Waals surface area contributed by atoms with Crippen molar-refractivity contribution in [2.45, 2.75) is 0 Å². The summed E-state index contributed by atoms with van der Waals surface area (Å²) >= 11 is 0. The van der Waals surface area contributed by atoms with Gasteiger partial charge in [0.1, 0.15) is 28.2 Å². The summed E-state index contributed by atoms with van der Waals surface area (Å²) in [5.74, 6) is -0.609. The SMILES string of the molecule is COc1c2c(cc3occc13)OC(=O)/C(=C/N(C)C)C2=O. The molecule has 0 fully saturated rings. The number of esters is 1. The molecule has 0 saturated carbocycles. The Balaban J connectivity index is 2.28. The summed E-state index contributed by atoms with van der Waals surface area (Å²) in [6.07, 6.45) is 2.92. The third-order valence-electron chi connectivity index (χ3n) is 3.16. The minimum Gasteiger partial charge on any atom is -0.495 e. The van der Waals surface area contributed by atoms with Crippen LogP contribution in [0.4, 0.5) is 0 Å². The lowest BCUT2D eigenvalue weighted by Gasteiger charge is -2.20. The van der Waals surface area contributed by atoms with Gasteiger partial charge in [0, 0.05) is 26.4 Å². The highest BCUT2D eigenvalue weighted by atomic mass is 16.5. The van der Waals surface area contributed by atoms with Crippen LogP contribution in [-0.2, 0) is 4.79 Å². The van der Waals surface area contributed by atoms with Crippen LogP contribution in [0.3, 0.4) is 0 Å². The Bertz CT molecular complexity index is 785. The summed E-state index contributed by atoms with van der Waals surface area (Å²) in [6, 6.07) is 3.23. The normalized spacial score (nSPS) is 16.0. The largest absolute Gasteiger partial charge is 0.495 e. The molecule has 2 heterocycles. The summed E-state index contributed by atoms with van der Waals surface area (Å²) < 4.78 is 15.9. The van der Waals surface area contributed by atoms with E-state index >= 15 is 0 Å². The van der Waals surface area contributed by atoms with Crippen molar-refractivity contribution in [2.24, 2.45) is 0 Å². The van der Waals surface area contributed by atoms with Gasteiger partial charge < -0.3 is 18.8 Å². The number of nitrogens with zero attached hydrogens (tertiary/aromatic N) is 1. The Kier molecular flexibility index (Phi) is 2.94. The van der Waals surface area contributed by atoms with Crippen molar-refractivity contribution in [3.8, 4) is 11.5 Å². The number of rotatable bonds is 2. The number of fused-ring (bicyclic) bond motifs is 2. The molecule has 0 unspecified atom stereocenters. The molecule has 2 aromatic rings. The van der Waals surface area contributed by atoms with Crippen molar-refractivity contribution >= 4 is 22.7 Å². The Morgan fingerprint density at radius 3 is 2.71 bits per heavy atom. The van der Waals surface area contributed by atoms with Crippen LogP contribution in [0.15, 0.2) is 34.6 Å². The molecule has 1 aliphatic heterocycles. The highest BCUT2D eigenvalue weighted by Gasteiger charge is 2.35. The number of ketones is 1. The van der Waals surface area contributed by atoms with Crippen LogP contribution in [-0.4, -0.2) is 37.9 Å². The molecule has 0 aliphatic carbocycles. The predicted molar refractivity (Wildman–Crippen MR) is 74.5 cm³/mol. The van der Waals surface area contributed by atoms with E-state index in [0.717, 1.165) is 0 Å². The van der Waals surface area contributed by atoms with E-state index in [0.29, 0.717) is 16.7 Å². The minimum absolute atomic E-state index is 0.0337.